The van der Waals surface area contributed by atoms with E-state index in [2.05, 4.69) is 128 Å². The standard InChI is InChI=1S/C33H37N/c1-3-5-8-19-31(4-2)34(33-25-22-30(23-26-33)28-16-11-7-12-17-28)32-20-13-18-29(21-24-32)27-14-9-6-10-15-27/h4,6-12,14-17,19,21-25,33H,3,5,13,18,20,26H2,1-2H3. The molecule has 174 valence electrons. The van der Waals surface area contributed by atoms with E-state index < -0.39 is 0 Å². The Kier molecular flexibility index (Phi) is 8.57. The molecule has 0 bridgehead atoms. The molecule has 2 aliphatic rings. The molecule has 0 fully saturated rings. The van der Waals surface area contributed by atoms with Gasteiger partial charge < -0.3 is 4.90 Å². The minimum atomic E-state index is 0.322. The minimum Gasteiger partial charge on any atom is -0.338 e. The highest BCUT2D eigenvalue weighted by Gasteiger charge is 2.23. The fourth-order valence-corrected chi connectivity index (χ4v) is 4.82. The van der Waals surface area contributed by atoms with Crippen molar-refractivity contribution in [2.45, 2.75) is 58.4 Å². The maximum absolute atomic E-state index is 2.57. The molecular weight excluding hydrogens is 410 g/mol. The third-order valence-electron chi connectivity index (χ3n) is 6.64. The molecule has 1 atom stereocenters. The Morgan fingerprint density at radius 1 is 0.941 bits per heavy atom. The molecule has 0 radical (unpaired) electrons. The van der Waals surface area contributed by atoms with Gasteiger partial charge in [0.15, 0.2) is 0 Å². The Bertz CT molecular complexity index is 1110. The van der Waals surface area contributed by atoms with Crippen molar-refractivity contribution in [3.63, 3.8) is 0 Å². The number of unbranched alkanes of at least 4 members (excludes halogenated alkanes) is 1. The highest BCUT2D eigenvalue weighted by Crippen LogP contribution is 2.33. The van der Waals surface area contributed by atoms with Crippen LogP contribution in [-0.2, 0) is 0 Å². The molecule has 2 aromatic rings. The first-order valence-electron chi connectivity index (χ1n) is 12.8. The molecule has 0 saturated heterocycles. The van der Waals surface area contributed by atoms with Crippen LogP contribution in [0.2, 0.25) is 0 Å². The van der Waals surface area contributed by atoms with Crippen molar-refractivity contribution in [3.8, 4) is 0 Å². The van der Waals surface area contributed by atoms with Crippen molar-refractivity contribution in [3.05, 3.63) is 132 Å². The largest absolute Gasteiger partial charge is 0.338 e. The van der Waals surface area contributed by atoms with Crippen LogP contribution < -0.4 is 0 Å². The lowest BCUT2D eigenvalue weighted by molar-refractivity contribution is 0.357. The van der Waals surface area contributed by atoms with Crippen LogP contribution in [0.15, 0.2) is 121 Å². The lowest BCUT2D eigenvalue weighted by Gasteiger charge is -2.36. The number of rotatable bonds is 8. The van der Waals surface area contributed by atoms with Crippen LogP contribution in [0.4, 0.5) is 0 Å². The van der Waals surface area contributed by atoms with E-state index >= 15 is 0 Å². The van der Waals surface area contributed by atoms with Gasteiger partial charge >= 0.3 is 0 Å². The Labute approximate surface area is 206 Å². The molecule has 0 aliphatic heterocycles. The fraction of sp³-hybridized carbons (Fsp3) is 0.273. The first-order valence-corrected chi connectivity index (χ1v) is 12.8. The maximum atomic E-state index is 2.57. The first kappa shape index (κ1) is 23.8. The Morgan fingerprint density at radius 2 is 1.68 bits per heavy atom. The summed E-state index contributed by atoms with van der Waals surface area (Å²) in [6.07, 6.45) is 25.4. The van der Waals surface area contributed by atoms with Gasteiger partial charge in [0.1, 0.15) is 0 Å². The molecule has 2 aliphatic carbocycles. The summed E-state index contributed by atoms with van der Waals surface area (Å²) in [6, 6.07) is 21.9. The number of allylic oxidation sites excluding steroid dienone is 9. The normalized spacial score (nSPS) is 18.8. The fourth-order valence-electron chi connectivity index (χ4n) is 4.82. The number of nitrogens with zero attached hydrogens (tertiary/aromatic N) is 1. The molecule has 0 N–H and O–H groups in total. The first-order chi connectivity index (χ1) is 16.8. The number of hydrogen-bond acceptors (Lipinski definition) is 1. The predicted molar refractivity (Wildman–Crippen MR) is 148 cm³/mol. The number of benzene rings is 2. The summed E-state index contributed by atoms with van der Waals surface area (Å²) in [4.78, 5) is 2.57. The summed E-state index contributed by atoms with van der Waals surface area (Å²) in [5.41, 5.74) is 8.09. The van der Waals surface area contributed by atoms with Crippen molar-refractivity contribution >= 4 is 11.1 Å². The topological polar surface area (TPSA) is 3.24 Å². The maximum Gasteiger partial charge on any atom is 0.0557 e. The molecule has 2 aromatic carbocycles. The molecule has 4 rings (SSSR count). The molecule has 0 aromatic heterocycles. The molecule has 34 heavy (non-hydrogen) atoms. The van der Waals surface area contributed by atoms with E-state index in [1.165, 1.54) is 46.5 Å². The SMILES string of the molecule is CC=C(C=CCCC)N(C1=CC=C(c2ccccc2)CCC1)C1C=CC(c2ccccc2)=CC1. The molecule has 1 nitrogen and oxygen atoms in total. The van der Waals surface area contributed by atoms with Crippen LogP contribution in [0.25, 0.3) is 11.1 Å². The van der Waals surface area contributed by atoms with Crippen molar-refractivity contribution in [2.75, 3.05) is 0 Å². The summed E-state index contributed by atoms with van der Waals surface area (Å²) >= 11 is 0. The molecular formula is C33H37N. The van der Waals surface area contributed by atoms with Crippen molar-refractivity contribution in [1.82, 2.24) is 4.90 Å². The summed E-state index contributed by atoms with van der Waals surface area (Å²) in [7, 11) is 0. The second-order valence-electron chi connectivity index (χ2n) is 9.03. The van der Waals surface area contributed by atoms with Gasteiger partial charge in [-0.1, -0.05) is 110 Å². The summed E-state index contributed by atoms with van der Waals surface area (Å²) in [5, 5.41) is 0. The van der Waals surface area contributed by atoms with E-state index in [9.17, 15) is 0 Å². The van der Waals surface area contributed by atoms with E-state index in [0.717, 1.165) is 25.7 Å². The predicted octanol–water partition coefficient (Wildman–Crippen LogP) is 9.11. The van der Waals surface area contributed by atoms with Crippen molar-refractivity contribution in [1.29, 1.82) is 0 Å². The zero-order valence-corrected chi connectivity index (χ0v) is 20.7. The van der Waals surface area contributed by atoms with Crippen LogP contribution in [0.1, 0.15) is 63.5 Å². The summed E-state index contributed by atoms with van der Waals surface area (Å²) < 4.78 is 0. The van der Waals surface area contributed by atoms with Crippen LogP contribution >= 0.6 is 0 Å². The summed E-state index contributed by atoms with van der Waals surface area (Å²) in [5.74, 6) is 0. The second kappa shape index (κ2) is 12.2. The average Bonchev–Trinajstić information content (AvgIpc) is 3.16. The van der Waals surface area contributed by atoms with Crippen LogP contribution in [0.3, 0.4) is 0 Å². The average molecular weight is 448 g/mol. The van der Waals surface area contributed by atoms with Gasteiger partial charge in [0.2, 0.25) is 0 Å². The molecule has 0 saturated carbocycles. The smallest absolute Gasteiger partial charge is 0.0557 e. The Balaban J connectivity index is 1.64. The van der Waals surface area contributed by atoms with E-state index in [0.29, 0.717) is 6.04 Å². The highest BCUT2D eigenvalue weighted by molar-refractivity contribution is 5.75. The monoisotopic (exact) mass is 447 g/mol. The quantitative estimate of drug-likeness (QED) is 0.365. The third-order valence-corrected chi connectivity index (χ3v) is 6.64. The third kappa shape index (κ3) is 5.97. The van der Waals surface area contributed by atoms with Crippen molar-refractivity contribution in [2.24, 2.45) is 0 Å². The van der Waals surface area contributed by atoms with Crippen LogP contribution in [0, 0.1) is 0 Å². The lowest BCUT2D eigenvalue weighted by atomic mass is 9.95. The molecule has 0 amide bonds. The Morgan fingerprint density at radius 3 is 2.32 bits per heavy atom. The lowest BCUT2D eigenvalue weighted by Crippen LogP contribution is -2.32. The van der Waals surface area contributed by atoms with E-state index in [-0.39, 0.29) is 0 Å². The van der Waals surface area contributed by atoms with Gasteiger partial charge in [0.25, 0.3) is 0 Å². The molecule has 0 heterocycles. The minimum absolute atomic E-state index is 0.322. The second-order valence-corrected chi connectivity index (χ2v) is 9.03. The van der Waals surface area contributed by atoms with E-state index in [1.807, 2.05) is 0 Å². The van der Waals surface area contributed by atoms with Gasteiger partial charge in [0.05, 0.1) is 6.04 Å². The Hall–Kier alpha value is -3.32. The van der Waals surface area contributed by atoms with Gasteiger partial charge in [-0.25, -0.2) is 0 Å². The van der Waals surface area contributed by atoms with Crippen molar-refractivity contribution < 1.29 is 0 Å². The molecule has 1 heteroatoms. The zero-order valence-electron chi connectivity index (χ0n) is 20.7. The zero-order chi connectivity index (χ0) is 23.6. The molecule has 1 unspecified atom stereocenters. The van der Waals surface area contributed by atoms with Gasteiger partial charge in [-0.05, 0) is 73.5 Å². The van der Waals surface area contributed by atoms with Gasteiger partial charge in [-0.3, -0.25) is 0 Å². The highest BCUT2D eigenvalue weighted by atomic mass is 15.2. The molecule has 0 spiro atoms. The summed E-state index contributed by atoms with van der Waals surface area (Å²) in [6.45, 7) is 4.40. The van der Waals surface area contributed by atoms with E-state index in [4.69, 9.17) is 0 Å². The number of hydrogen-bond donors (Lipinski definition) is 0. The van der Waals surface area contributed by atoms with Gasteiger partial charge in [-0.2, -0.15) is 0 Å². The van der Waals surface area contributed by atoms with Gasteiger partial charge in [0, 0.05) is 11.4 Å². The van der Waals surface area contributed by atoms with Crippen LogP contribution in [-0.4, -0.2) is 10.9 Å². The van der Waals surface area contributed by atoms with E-state index in [1.54, 1.807) is 0 Å². The van der Waals surface area contributed by atoms with Gasteiger partial charge in [-0.15, -0.1) is 0 Å². The van der Waals surface area contributed by atoms with Crippen LogP contribution in [0.5, 0.6) is 0 Å².